The molecular formula is C12H8F6N2OS. The Balaban J connectivity index is 2.32. The van der Waals surface area contributed by atoms with Crippen LogP contribution in [0.1, 0.15) is 21.7 Å². The number of halogens is 6. The fraction of sp³-hybridized carbons (Fsp3) is 0.500. The van der Waals surface area contributed by atoms with Gasteiger partial charge in [-0.05, 0) is 17.9 Å². The zero-order valence-electron chi connectivity index (χ0n) is 10.8. The molecule has 2 heterocycles. The maximum Gasteiger partial charge on any atom is 0.404 e. The fourth-order valence-electron chi connectivity index (χ4n) is 2.31. The molecule has 1 aromatic heterocycles. The van der Waals surface area contributed by atoms with Gasteiger partial charge < -0.3 is 4.90 Å². The van der Waals surface area contributed by atoms with Crippen LogP contribution >= 0.6 is 11.3 Å². The van der Waals surface area contributed by atoms with Crippen molar-refractivity contribution in [2.75, 3.05) is 13.1 Å². The predicted molar refractivity (Wildman–Crippen MR) is 64.1 cm³/mol. The predicted octanol–water partition coefficient (Wildman–Crippen LogP) is 3.58. The highest BCUT2D eigenvalue weighted by atomic mass is 32.1. The number of rotatable bonds is 1. The van der Waals surface area contributed by atoms with E-state index in [-0.39, 0.29) is 10.4 Å². The molecule has 22 heavy (non-hydrogen) atoms. The molecule has 0 radical (unpaired) electrons. The van der Waals surface area contributed by atoms with Crippen LogP contribution in [0, 0.1) is 16.7 Å². The Kier molecular flexibility index (Phi) is 3.89. The highest BCUT2D eigenvalue weighted by Gasteiger charge is 2.72. The molecule has 1 saturated heterocycles. The third-order valence-corrected chi connectivity index (χ3v) is 4.52. The number of nitriles is 1. The van der Waals surface area contributed by atoms with Crippen molar-refractivity contribution in [1.82, 2.24) is 4.90 Å². The number of nitrogens with zero attached hydrogens (tertiary/aromatic N) is 2. The minimum atomic E-state index is -5.51. The number of carbonyl (C=O) groups excluding carboxylic acids is 1. The largest absolute Gasteiger partial charge is 0.404 e. The molecule has 1 aliphatic heterocycles. The first-order valence-corrected chi connectivity index (χ1v) is 6.82. The Labute approximate surface area is 124 Å². The molecule has 1 aromatic rings. The van der Waals surface area contributed by atoms with Crippen molar-refractivity contribution in [1.29, 1.82) is 5.26 Å². The van der Waals surface area contributed by atoms with Gasteiger partial charge in [-0.3, -0.25) is 4.79 Å². The van der Waals surface area contributed by atoms with Crippen molar-refractivity contribution in [3.05, 3.63) is 21.9 Å². The lowest BCUT2D eigenvalue weighted by atomic mass is 9.85. The topological polar surface area (TPSA) is 44.1 Å². The lowest BCUT2D eigenvalue weighted by molar-refractivity contribution is -0.334. The van der Waals surface area contributed by atoms with E-state index in [4.69, 9.17) is 5.26 Å². The van der Waals surface area contributed by atoms with E-state index in [1.807, 2.05) is 0 Å². The van der Waals surface area contributed by atoms with E-state index >= 15 is 0 Å². The lowest BCUT2D eigenvalue weighted by Crippen LogP contribution is -2.52. The second kappa shape index (κ2) is 5.15. The van der Waals surface area contributed by atoms with Crippen LogP contribution in [-0.2, 0) is 0 Å². The van der Waals surface area contributed by atoms with Crippen molar-refractivity contribution in [2.45, 2.75) is 18.8 Å². The minimum absolute atomic E-state index is 0.0634. The minimum Gasteiger partial charge on any atom is -0.337 e. The monoisotopic (exact) mass is 342 g/mol. The SMILES string of the molecule is N#Cc1ccsc1C(=O)N1CCC(C(F)(F)F)(C(F)(F)F)C1. The van der Waals surface area contributed by atoms with Crippen molar-refractivity contribution in [2.24, 2.45) is 5.41 Å². The summed E-state index contributed by atoms with van der Waals surface area (Å²) < 4.78 is 77.6. The standard InChI is InChI=1S/C12H8F6N2OS/c13-11(14,15)10(12(16,17)18)2-3-20(6-10)9(21)8-7(5-19)1-4-22-8/h1,4H,2-3,6H2. The van der Waals surface area contributed by atoms with Gasteiger partial charge in [-0.2, -0.15) is 31.6 Å². The number of hydrogen-bond acceptors (Lipinski definition) is 3. The molecule has 120 valence electrons. The summed E-state index contributed by atoms with van der Waals surface area (Å²) in [6.07, 6.45) is -12.2. The average Bonchev–Trinajstić information content (AvgIpc) is 3.03. The Hall–Kier alpha value is -1.76. The van der Waals surface area contributed by atoms with Crippen molar-refractivity contribution in [3.63, 3.8) is 0 Å². The van der Waals surface area contributed by atoms with E-state index in [1.54, 1.807) is 6.07 Å². The van der Waals surface area contributed by atoms with Gasteiger partial charge in [-0.15, -0.1) is 11.3 Å². The number of thiophene rings is 1. The second-order valence-electron chi connectivity index (χ2n) is 4.83. The Morgan fingerprint density at radius 1 is 1.27 bits per heavy atom. The zero-order chi connectivity index (χ0) is 16.8. The molecule has 0 spiro atoms. The van der Waals surface area contributed by atoms with Crippen molar-refractivity contribution in [3.8, 4) is 6.07 Å². The van der Waals surface area contributed by atoms with Crippen LogP contribution in [0.15, 0.2) is 11.4 Å². The van der Waals surface area contributed by atoms with Gasteiger partial charge in [-0.25, -0.2) is 0 Å². The maximum absolute atomic E-state index is 12.9. The van der Waals surface area contributed by atoms with Crippen LogP contribution in [0.4, 0.5) is 26.3 Å². The maximum atomic E-state index is 12.9. The van der Waals surface area contributed by atoms with E-state index in [2.05, 4.69) is 0 Å². The van der Waals surface area contributed by atoms with Gasteiger partial charge >= 0.3 is 12.4 Å². The van der Waals surface area contributed by atoms with E-state index < -0.39 is 43.2 Å². The van der Waals surface area contributed by atoms with Gasteiger partial charge in [-0.1, -0.05) is 0 Å². The van der Waals surface area contributed by atoms with Gasteiger partial charge in [0, 0.05) is 13.1 Å². The van der Waals surface area contributed by atoms with Crippen LogP contribution in [-0.4, -0.2) is 36.2 Å². The van der Waals surface area contributed by atoms with Crippen LogP contribution in [0.25, 0.3) is 0 Å². The second-order valence-corrected chi connectivity index (χ2v) is 5.75. The number of alkyl halides is 6. The van der Waals surface area contributed by atoms with Crippen molar-refractivity contribution < 1.29 is 31.1 Å². The molecule has 3 nitrogen and oxygen atoms in total. The molecule has 0 saturated carbocycles. The highest BCUT2D eigenvalue weighted by molar-refractivity contribution is 7.12. The molecule has 0 aliphatic carbocycles. The van der Waals surface area contributed by atoms with Gasteiger partial charge in [0.1, 0.15) is 10.9 Å². The summed E-state index contributed by atoms with van der Waals surface area (Å²) in [4.78, 5) is 12.4. The van der Waals surface area contributed by atoms with Gasteiger partial charge in [0.15, 0.2) is 5.41 Å². The summed E-state index contributed by atoms with van der Waals surface area (Å²) in [5.74, 6) is -0.984. The van der Waals surface area contributed by atoms with E-state index in [1.165, 1.54) is 11.4 Å². The molecule has 0 unspecified atom stereocenters. The molecular weight excluding hydrogens is 334 g/mol. The van der Waals surface area contributed by atoms with Gasteiger partial charge in [0.25, 0.3) is 5.91 Å². The third kappa shape index (κ3) is 2.43. The summed E-state index contributed by atoms with van der Waals surface area (Å²) in [6, 6.07) is 2.97. The number of carbonyl (C=O) groups is 1. The van der Waals surface area contributed by atoms with Crippen LogP contribution in [0.3, 0.4) is 0 Å². The Morgan fingerprint density at radius 2 is 1.86 bits per heavy atom. The average molecular weight is 342 g/mol. The molecule has 1 amide bonds. The molecule has 10 heteroatoms. The van der Waals surface area contributed by atoms with E-state index in [0.29, 0.717) is 4.90 Å². The summed E-state index contributed by atoms with van der Waals surface area (Å²) in [7, 11) is 0. The first kappa shape index (κ1) is 16.6. The molecule has 1 fully saturated rings. The van der Waals surface area contributed by atoms with Crippen molar-refractivity contribution >= 4 is 17.2 Å². The number of hydrogen-bond donors (Lipinski definition) is 0. The molecule has 0 N–H and O–H groups in total. The quantitative estimate of drug-likeness (QED) is 0.733. The summed E-state index contributed by atoms with van der Waals surface area (Å²) in [5, 5.41) is 10.2. The summed E-state index contributed by atoms with van der Waals surface area (Å²) >= 11 is 0.808. The molecule has 0 atom stereocenters. The van der Waals surface area contributed by atoms with Crippen LogP contribution in [0.2, 0.25) is 0 Å². The fourth-order valence-corrected chi connectivity index (χ4v) is 3.12. The van der Waals surface area contributed by atoms with Gasteiger partial charge in [0.2, 0.25) is 0 Å². The summed E-state index contributed by atoms with van der Waals surface area (Å²) in [5.41, 5.74) is -3.98. The van der Waals surface area contributed by atoms with Gasteiger partial charge in [0.05, 0.1) is 5.56 Å². The van der Waals surface area contributed by atoms with Crippen LogP contribution < -0.4 is 0 Å². The Bertz CT molecular complexity index is 613. The molecule has 2 rings (SSSR count). The van der Waals surface area contributed by atoms with E-state index in [0.717, 1.165) is 11.3 Å². The number of likely N-dealkylation sites (tertiary alicyclic amines) is 1. The first-order chi connectivity index (χ1) is 10.0. The Morgan fingerprint density at radius 3 is 2.32 bits per heavy atom. The smallest absolute Gasteiger partial charge is 0.337 e. The first-order valence-electron chi connectivity index (χ1n) is 5.94. The molecule has 0 aromatic carbocycles. The normalized spacial score (nSPS) is 18.3. The molecule has 1 aliphatic rings. The lowest BCUT2D eigenvalue weighted by Gasteiger charge is -2.33. The third-order valence-electron chi connectivity index (χ3n) is 3.62. The van der Waals surface area contributed by atoms with Crippen LogP contribution in [0.5, 0.6) is 0 Å². The van der Waals surface area contributed by atoms with E-state index in [9.17, 15) is 31.1 Å². The molecule has 0 bridgehead atoms. The highest BCUT2D eigenvalue weighted by Crippen LogP contribution is 2.55. The summed E-state index contributed by atoms with van der Waals surface area (Å²) in [6.45, 7) is -2.15. The zero-order valence-corrected chi connectivity index (χ0v) is 11.6. The number of amides is 1.